The van der Waals surface area contributed by atoms with Gasteiger partial charge in [-0.25, -0.2) is 5.01 Å². The Labute approximate surface area is 241 Å². The maximum atomic E-state index is 13.8. The maximum Gasteiger partial charge on any atom is 0.276 e. The highest BCUT2D eigenvalue weighted by Crippen LogP contribution is 2.34. The Bertz CT molecular complexity index is 1850. The lowest BCUT2D eigenvalue weighted by Gasteiger charge is -2.19. The molecule has 40 heavy (non-hydrogen) atoms. The Hall–Kier alpha value is -4.45. The Morgan fingerprint density at radius 2 is 1.57 bits per heavy atom. The molecule has 5 aromatic rings. The zero-order chi connectivity index (χ0) is 27.6. The number of amides is 1. The monoisotopic (exact) mass is 563 g/mol. The summed E-state index contributed by atoms with van der Waals surface area (Å²) in [6.07, 6.45) is 4.24. The summed E-state index contributed by atoms with van der Waals surface area (Å²) in [5.41, 5.74) is 4.20. The van der Waals surface area contributed by atoms with E-state index in [1.165, 1.54) is 5.01 Å². The molecule has 2 heterocycles. The molecule has 1 aliphatic rings. The Kier molecular flexibility index (Phi) is 7.08. The molecule has 7 heteroatoms. The van der Waals surface area contributed by atoms with Crippen LogP contribution in [0.5, 0.6) is 0 Å². The van der Waals surface area contributed by atoms with Crippen LogP contribution in [-0.4, -0.2) is 27.7 Å². The number of carbonyl (C=O) groups excluding carboxylic acids is 1. The van der Waals surface area contributed by atoms with Gasteiger partial charge in [-0.3, -0.25) is 9.59 Å². The fourth-order valence-corrected chi connectivity index (χ4v) is 5.41. The number of aromatic amines is 1. The smallest absolute Gasteiger partial charge is 0.276 e. The summed E-state index contributed by atoms with van der Waals surface area (Å²) >= 11 is 12.8. The minimum absolute atomic E-state index is 0.287. The number of hydrazone groups is 1. The normalized spacial score (nSPS) is 15.1. The Balaban J connectivity index is 1.53. The SMILES string of the molecule is O=C(c1ccccc1Cl)N1N=C(c2c(-c3ccccc3)c3cc(Cl)ccc3[nH]c2=O)C[C@@H]1/C=C/c1ccccc1. The van der Waals surface area contributed by atoms with Crippen LogP contribution >= 0.6 is 23.2 Å². The Morgan fingerprint density at radius 3 is 2.33 bits per heavy atom. The van der Waals surface area contributed by atoms with Gasteiger partial charge >= 0.3 is 0 Å². The molecule has 1 aromatic heterocycles. The van der Waals surface area contributed by atoms with Crippen molar-refractivity contribution in [1.29, 1.82) is 0 Å². The Morgan fingerprint density at radius 1 is 0.875 bits per heavy atom. The zero-order valence-electron chi connectivity index (χ0n) is 21.2. The van der Waals surface area contributed by atoms with Gasteiger partial charge in [0.1, 0.15) is 0 Å². The van der Waals surface area contributed by atoms with E-state index in [4.69, 9.17) is 28.3 Å². The van der Waals surface area contributed by atoms with Crippen molar-refractivity contribution in [3.05, 3.63) is 146 Å². The second-order valence-electron chi connectivity index (χ2n) is 9.48. The van der Waals surface area contributed by atoms with Gasteiger partial charge in [0, 0.05) is 27.9 Å². The van der Waals surface area contributed by atoms with Crippen LogP contribution in [0.15, 0.2) is 119 Å². The standard InChI is InChI=1S/C33H23Cl2N3O2/c34-23-16-18-28-26(19-23)30(22-11-5-2-6-12-22)31(32(39)36-28)29-20-24(17-15-21-9-3-1-4-10-21)38(37-29)33(40)25-13-7-8-14-27(25)35/h1-19,24H,20H2,(H,36,39)/b17-15+/t24-/m0/s1. The van der Waals surface area contributed by atoms with Crippen LogP contribution in [0, 0.1) is 0 Å². The first-order valence-electron chi connectivity index (χ1n) is 12.8. The maximum absolute atomic E-state index is 13.8. The van der Waals surface area contributed by atoms with E-state index in [0.717, 1.165) is 22.1 Å². The second kappa shape index (κ2) is 11.0. The number of nitrogens with one attached hydrogen (secondary N) is 1. The molecule has 0 saturated carbocycles. The zero-order valence-corrected chi connectivity index (χ0v) is 22.7. The van der Waals surface area contributed by atoms with E-state index in [1.807, 2.05) is 78.9 Å². The van der Waals surface area contributed by atoms with Crippen LogP contribution in [-0.2, 0) is 0 Å². The van der Waals surface area contributed by atoms with E-state index in [0.29, 0.717) is 38.8 Å². The van der Waals surface area contributed by atoms with Gasteiger partial charge < -0.3 is 4.98 Å². The van der Waals surface area contributed by atoms with Crippen molar-refractivity contribution >= 4 is 51.8 Å². The van der Waals surface area contributed by atoms with E-state index in [1.54, 1.807) is 36.4 Å². The molecule has 0 aliphatic carbocycles. The minimum atomic E-state index is -0.433. The summed E-state index contributed by atoms with van der Waals surface area (Å²) < 4.78 is 0. The largest absolute Gasteiger partial charge is 0.321 e. The predicted molar refractivity (Wildman–Crippen MR) is 163 cm³/mol. The number of fused-ring (bicyclic) bond motifs is 1. The van der Waals surface area contributed by atoms with Crippen molar-refractivity contribution in [2.45, 2.75) is 12.5 Å². The molecule has 5 nitrogen and oxygen atoms in total. The summed E-state index contributed by atoms with van der Waals surface area (Å²) in [5.74, 6) is -0.343. The van der Waals surface area contributed by atoms with Crippen LogP contribution in [0.2, 0.25) is 10.0 Å². The van der Waals surface area contributed by atoms with E-state index < -0.39 is 6.04 Å². The van der Waals surface area contributed by atoms with Crippen LogP contribution in [0.3, 0.4) is 0 Å². The molecule has 6 rings (SSSR count). The first-order chi connectivity index (χ1) is 19.5. The van der Waals surface area contributed by atoms with Gasteiger partial charge in [-0.05, 0) is 41.5 Å². The van der Waals surface area contributed by atoms with E-state index in [9.17, 15) is 9.59 Å². The quantitative estimate of drug-likeness (QED) is 0.236. The second-order valence-corrected chi connectivity index (χ2v) is 10.3. The number of halogens is 2. The molecule has 4 aromatic carbocycles. The summed E-state index contributed by atoms with van der Waals surface area (Å²) in [6, 6.07) is 31.3. The molecule has 0 unspecified atom stereocenters. The number of nitrogens with zero attached hydrogens (tertiary/aromatic N) is 2. The number of carbonyl (C=O) groups is 1. The molecular formula is C33H23Cl2N3O2. The molecule has 1 aliphatic heterocycles. The van der Waals surface area contributed by atoms with Crippen molar-refractivity contribution in [2.24, 2.45) is 5.10 Å². The average molecular weight is 564 g/mol. The molecule has 1 atom stereocenters. The number of aromatic nitrogens is 1. The first-order valence-corrected chi connectivity index (χ1v) is 13.6. The van der Waals surface area contributed by atoms with Gasteiger partial charge in [0.25, 0.3) is 11.5 Å². The van der Waals surface area contributed by atoms with E-state index in [2.05, 4.69) is 4.98 Å². The number of rotatable bonds is 5. The molecule has 1 amide bonds. The number of hydrogen-bond acceptors (Lipinski definition) is 3. The van der Waals surface area contributed by atoms with Crippen molar-refractivity contribution in [3.63, 3.8) is 0 Å². The average Bonchev–Trinajstić information content (AvgIpc) is 3.40. The minimum Gasteiger partial charge on any atom is -0.321 e. The third-order valence-electron chi connectivity index (χ3n) is 6.90. The predicted octanol–water partition coefficient (Wildman–Crippen LogP) is 7.83. The molecular weight excluding hydrogens is 541 g/mol. The van der Waals surface area contributed by atoms with Crippen molar-refractivity contribution < 1.29 is 4.79 Å². The van der Waals surface area contributed by atoms with Crippen molar-refractivity contribution in [3.8, 4) is 11.1 Å². The van der Waals surface area contributed by atoms with Gasteiger partial charge in [0.05, 0.1) is 27.9 Å². The third-order valence-corrected chi connectivity index (χ3v) is 7.46. The van der Waals surface area contributed by atoms with E-state index >= 15 is 0 Å². The molecule has 196 valence electrons. The third kappa shape index (κ3) is 4.97. The van der Waals surface area contributed by atoms with Gasteiger partial charge in [0.2, 0.25) is 0 Å². The molecule has 0 fully saturated rings. The molecule has 0 saturated heterocycles. The molecule has 1 N–H and O–H groups in total. The highest BCUT2D eigenvalue weighted by atomic mass is 35.5. The van der Waals surface area contributed by atoms with Gasteiger partial charge in [-0.1, -0.05) is 108 Å². The number of benzene rings is 4. The molecule has 0 bridgehead atoms. The lowest BCUT2D eigenvalue weighted by molar-refractivity contribution is 0.0742. The van der Waals surface area contributed by atoms with Gasteiger partial charge in [0.15, 0.2) is 0 Å². The van der Waals surface area contributed by atoms with Crippen molar-refractivity contribution in [2.75, 3.05) is 0 Å². The fourth-order valence-electron chi connectivity index (χ4n) is 5.02. The number of pyridine rings is 1. The van der Waals surface area contributed by atoms with Crippen LogP contribution in [0.4, 0.5) is 0 Å². The summed E-state index contributed by atoms with van der Waals surface area (Å²) in [5, 5.41) is 7.89. The molecule has 0 radical (unpaired) electrons. The van der Waals surface area contributed by atoms with Crippen LogP contribution in [0.1, 0.15) is 27.9 Å². The van der Waals surface area contributed by atoms with Gasteiger partial charge in [-0.2, -0.15) is 5.10 Å². The highest BCUT2D eigenvalue weighted by molar-refractivity contribution is 6.34. The van der Waals surface area contributed by atoms with Crippen LogP contribution in [0.25, 0.3) is 28.1 Å². The summed E-state index contributed by atoms with van der Waals surface area (Å²) in [7, 11) is 0. The first kappa shape index (κ1) is 25.8. The van der Waals surface area contributed by atoms with E-state index in [-0.39, 0.29) is 11.5 Å². The van der Waals surface area contributed by atoms with Crippen LogP contribution < -0.4 is 5.56 Å². The highest BCUT2D eigenvalue weighted by Gasteiger charge is 2.34. The number of H-pyrrole nitrogens is 1. The molecule has 0 spiro atoms. The summed E-state index contributed by atoms with van der Waals surface area (Å²) in [6.45, 7) is 0. The lowest BCUT2D eigenvalue weighted by atomic mass is 9.92. The van der Waals surface area contributed by atoms with Gasteiger partial charge in [-0.15, -0.1) is 0 Å². The lowest BCUT2D eigenvalue weighted by Crippen LogP contribution is -2.31. The fraction of sp³-hybridized carbons (Fsp3) is 0.0606. The van der Waals surface area contributed by atoms with Crippen molar-refractivity contribution in [1.82, 2.24) is 9.99 Å². The number of hydrogen-bond donors (Lipinski definition) is 1. The summed E-state index contributed by atoms with van der Waals surface area (Å²) in [4.78, 5) is 30.4. The topological polar surface area (TPSA) is 65.5 Å².